The Morgan fingerprint density at radius 1 is 1.04 bits per heavy atom. The van der Waals surface area contributed by atoms with Gasteiger partial charge in [0, 0.05) is 17.8 Å². The molecule has 3 aromatic rings. The van der Waals surface area contributed by atoms with Gasteiger partial charge in [-0.3, -0.25) is 9.10 Å². The van der Waals surface area contributed by atoms with Crippen molar-refractivity contribution in [2.24, 2.45) is 0 Å². The van der Waals surface area contributed by atoms with Crippen molar-refractivity contribution in [2.45, 2.75) is 4.90 Å². The highest BCUT2D eigenvalue weighted by Crippen LogP contribution is 2.28. The zero-order valence-corrected chi connectivity index (χ0v) is 16.1. The van der Waals surface area contributed by atoms with Crippen LogP contribution in [0.25, 0.3) is 0 Å². The predicted octanol–water partition coefficient (Wildman–Crippen LogP) is 4.48. The fraction of sp³-hybridized carbons (Fsp3) is 0.0556. The number of rotatable bonds is 5. The fourth-order valence-electron chi connectivity index (χ4n) is 2.31. The molecular weight excluding hydrogens is 392 g/mol. The summed E-state index contributed by atoms with van der Waals surface area (Å²) >= 11 is 6.91. The van der Waals surface area contributed by atoms with E-state index in [1.54, 1.807) is 60.0 Å². The molecule has 1 N–H and O–H groups in total. The van der Waals surface area contributed by atoms with Crippen molar-refractivity contribution in [3.63, 3.8) is 0 Å². The van der Waals surface area contributed by atoms with Crippen LogP contribution in [0.4, 0.5) is 11.4 Å². The maximum absolute atomic E-state index is 13.0. The Bertz CT molecular complexity index is 1020. The average molecular weight is 407 g/mol. The van der Waals surface area contributed by atoms with Crippen molar-refractivity contribution in [2.75, 3.05) is 16.7 Å². The van der Waals surface area contributed by atoms with E-state index in [2.05, 4.69) is 5.32 Å². The van der Waals surface area contributed by atoms with Gasteiger partial charge in [0.2, 0.25) is 0 Å². The first-order chi connectivity index (χ1) is 12.4. The molecule has 3 rings (SSSR count). The van der Waals surface area contributed by atoms with Crippen molar-refractivity contribution in [1.82, 2.24) is 0 Å². The second-order valence-corrected chi connectivity index (χ2v) is 8.67. The molecule has 0 saturated carbocycles. The minimum Gasteiger partial charge on any atom is -0.321 e. The molecule has 0 aliphatic rings. The number of hydrogen-bond donors (Lipinski definition) is 1. The van der Waals surface area contributed by atoms with Gasteiger partial charge >= 0.3 is 0 Å². The molecule has 0 saturated heterocycles. The van der Waals surface area contributed by atoms with E-state index in [1.807, 2.05) is 0 Å². The summed E-state index contributed by atoms with van der Waals surface area (Å²) in [6.45, 7) is 0. The van der Waals surface area contributed by atoms with E-state index in [0.717, 1.165) is 15.6 Å². The lowest BCUT2D eigenvalue weighted by Crippen LogP contribution is -2.28. The molecular formula is C18H15ClN2O3S2. The normalized spacial score (nSPS) is 11.2. The molecule has 0 atom stereocenters. The number of nitrogens with one attached hydrogen (secondary N) is 1. The van der Waals surface area contributed by atoms with Crippen LogP contribution < -0.4 is 9.62 Å². The van der Waals surface area contributed by atoms with Crippen LogP contribution in [0, 0.1) is 0 Å². The summed E-state index contributed by atoms with van der Waals surface area (Å²) < 4.78 is 27.1. The topological polar surface area (TPSA) is 66.5 Å². The second-order valence-electron chi connectivity index (χ2n) is 5.38. The number of para-hydroxylation sites is 1. The summed E-state index contributed by atoms with van der Waals surface area (Å²) in [5, 5.41) is 4.83. The number of halogens is 1. The molecule has 0 radical (unpaired) electrons. The Labute approximate surface area is 160 Å². The third-order valence-corrected chi connectivity index (χ3v) is 6.82. The number of carbonyl (C=O) groups is 1. The van der Waals surface area contributed by atoms with Crippen molar-refractivity contribution >= 4 is 50.2 Å². The van der Waals surface area contributed by atoms with E-state index >= 15 is 0 Å². The van der Waals surface area contributed by atoms with Gasteiger partial charge in [-0.15, -0.1) is 11.3 Å². The number of nitrogens with zero attached hydrogens (tertiary/aromatic N) is 1. The van der Waals surface area contributed by atoms with Crippen LogP contribution in [-0.4, -0.2) is 21.4 Å². The summed E-state index contributed by atoms with van der Waals surface area (Å²) in [4.78, 5) is 12.7. The highest BCUT2D eigenvalue weighted by Gasteiger charge is 2.28. The van der Waals surface area contributed by atoms with Crippen LogP contribution in [0.15, 0.2) is 70.9 Å². The smallest absolute Gasteiger partial charge is 0.267 e. The van der Waals surface area contributed by atoms with Gasteiger partial charge in [-0.2, -0.15) is 0 Å². The van der Waals surface area contributed by atoms with E-state index in [9.17, 15) is 13.2 Å². The van der Waals surface area contributed by atoms with E-state index in [1.165, 1.54) is 13.1 Å². The average Bonchev–Trinajstić information content (AvgIpc) is 3.14. The molecule has 0 unspecified atom stereocenters. The van der Waals surface area contributed by atoms with Gasteiger partial charge in [-0.25, -0.2) is 8.42 Å². The van der Waals surface area contributed by atoms with Gasteiger partial charge in [-0.05, 0) is 47.8 Å². The van der Waals surface area contributed by atoms with Crippen molar-refractivity contribution in [3.05, 3.63) is 75.9 Å². The van der Waals surface area contributed by atoms with Crippen LogP contribution in [0.2, 0.25) is 5.02 Å². The van der Waals surface area contributed by atoms with Crippen LogP contribution in [0.3, 0.4) is 0 Å². The lowest BCUT2D eigenvalue weighted by Gasteiger charge is -2.19. The van der Waals surface area contributed by atoms with Crippen LogP contribution in [0.5, 0.6) is 0 Å². The van der Waals surface area contributed by atoms with Gasteiger partial charge < -0.3 is 5.32 Å². The van der Waals surface area contributed by atoms with Crippen molar-refractivity contribution in [1.29, 1.82) is 0 Å². The number of hydrogen-bond acceptors (Lipinski definition) is 4. The Balaban J connectivity index is 1.90. The lowest BCUT2D eigenvalue weighted by molar-refractivity contribution is 0.102. The molecule has 1 amide bonds. The molecule has 5 nitrogen and oxygen atoms in total. The Kier molecular flexibility index (Phi) is 5.31. The first-order valence-electron chi connectivity index (χ1n) is 7.58. The van der Waals surface area contributed by atoms with E-state index in [-0.39, 0.29) is 9.77 Å². The minimum absolute atomic E-state index is 0.0275. The number of benzene rings is 2. The molecule has 134 valence electrons. The van der Waals surface area contributed by atoms with Crippen LogP contribution in [-0.2, 0) is 10.0 Å². The third-order valence-electron chi connectivity index (χ3n) is 3.70. The van der Waals surface area contributed by atoms with E-state index in [4.69, 9.17) is 11.6 Å². The highest BCUT2D eigenvalue weighted by atomic mass is 35.5. The molecule has 0 aliphatic heterocycles. The molecule has 8 heteroatoms. The number of carbonyl (C=O) groups excluding carboxylic acids is 1. The summed E-state index contributed by atoms with van der Waals surface area (Å²) in [6.07, 6.45) is 0. The molecule has 2 aromatic carbocycles. The van der Waals surface area contributed by atoms with Crippen molar-refractivity contribution < 1.29 is 13.2 Å². The van der Waals surface area contributed by atoms with Crippen LogP contribution >= 0.6 is 22.9 Å². The van der Waals surface area contributed by atoms with Gasteiger partial charge in [0.25, 0.3) is 15.9 Å². The fourth-order valence-corrected chi connectivity index (χ4v) is 4.93. The Hall–Kier alpha value is -2.35. The van der Waals surface area contributed by atoms with Crippen molar-refractivity contribution in [3.8, 4) is 0 Å². The minimum atomic E-state index is -3.86. The van der Waals surface area contributed by atoms with E-state index in [0.29, 0.717) is 16.4 Å². The number of amides is 1. The number of sulfonamides is 1. The molecule has 0 fully saturated rings. The van der Waals surface area contributed by atoms with Crippen LogP contribution in [0.1, 0.15) is 9.67 Å². The quantitative estimate of drug-likeness (QED) is 0.679. The monoisotopic (exact) mass is 406 g/mol. The molecule has 1 aromatic heterocycles. The first kappa shape index (κ1) is 18.4. The standard InChI is InChI=1S/C18H15ClN2O3S2/c1-21(15-5-3-2-4-6-15)26(23,24)16-11-12-25-17(16)18(22)20-14-9-7-13(19)8-10-14/h2-12H,1H3,(H,20,22). The van der Waals surface area contributed by atoms with Gasteiger partial charge in [-0.1, -0.05) is 29.8 Å². The van der Waals surface area contributed by atoms with Gasteiger partial charge in [0.15, 0.2) is 0 Å². The second kappa shape index (κ2) is 7.49. The Morgan fingerprint density at radius 2 is 1.69 bits per heavy atom. The number of thiophene rings is 1. The molecule has 26 heavy (non-hydrogen) atoms. The molecule has 0 bridgehead atoms. The molecule has 1 heterocycles. The zero-order chi connectivity index (χ0) is 18.7. The summed E-state index contributed by atoms with van der Waals surface area (Å²) in [7, 11) is -2.40. The summed E-state index contributed by atoms with van der Waals surface area (Å²) in [6, 6.07) is 16.7. The third kappa shape index (κ3) is 3.75. The SMILES string of the molecule is CN(c1ccccc1)S(=O)(=O)c1ccsc1C(=O)Nc1ccc(Cl)cc1. The van der Waals surface area contributed by atoms with E-state index < -0.39 is 15.9 Å². The molecule has 0 aliphatic carbocycles. The Morgan fingerprint density at radius 3 is 2.35 bits per heavy atom. The predicted molar refractivity (Wildman–Crippen MR) is 106 cm³/mol. The summed E-state index contributed by atoms with van der Waals surface area (Å²) in [5.74, 6) is -0.484. The lowest BCUT2D eigenvalue weighted by atomic mass is 10.3. The zero-order valence-electron chi connectivity index (χ0n) is 13.7. The van der Waals surface area contributed by atoms with Gasteiger partial charge in [0.1, 0.15) is 9.77 Å². The molecule has 0 spiro atoms. The van der Waals surface area contributed by atoms with Gasteiger partial charge in [0.05, 0.1) is 5.69 Å². The summed E-state index contributed by atoms with van der Waals surface area (Å²) in [5.41, 5.74) is 1.05. The first-order valence-corrected chi connectivity index (χ1v) is 10.3. The largest absolute Gasteiger partial charge is 0.321 e. The highest BCUT2D eigenvalue weighted by molar-refractivity contribution is 7.93. The maximum atomic E-state index is 13.0. The maximum Gasteiger partial charge on any atom is 0.267 e. The number of anilines is 2.